The van der Waals surface area contributed by atoms with Gasteiger partial charge in [-0.3, -0.25) is 0 Å². The molecular formula is C16H22FNO2. The SMILES string of the molecule is COC(=O)c1ccc(CNCC2CCCC2C)cc1F. The first-order valence-electron chi connectivity index (χ1n) is 7.19. The van der Waals surface area contributed by atoms with Crippen molar-refractivity contribution in [3.8, 4) is 0 Å². The van der Waals surface area contributed by atoms with Gasteiger partial charge in [-0.05, 0) is 42.5 Å². The van der Waals surface area contributed by atoms with Crippen molar-refractivity contribution in [2.45, 2.75) is 32.7 Å². The van der Waals surface area contributed by atoms with Crippen LogP contribution in [0.15, 0.2) is 18.2 Å². The molecule has 20 heavy (non-hydrogen) atoms. The molecule has 1 N–H and O–H groups in total. The smallest absolute Gasteiger partial charge is 0.340 e. The van der Waals surface area contributed by atoms with Crippen LogP contribution in [0.4, 0.5) is 4.39 Å². The Bertz CT molecular complexity index is 476. The summed E-state index contributed by atoms with van der Waals surface area (Å²) in [5.41, 5.74) is 0.835. The summed E-state index contributed by atoms with van der Waals surface area (Å²) in [4.78, 5) is 11.3. The zero-order valence-electron chi connectivity index (χ0n) is 12.1. The summed E-state index contributed by atoms with van der Waals surface area (Å²) in [6, 6.07) is 4.65. The van der Waals surface area contributed by atoms with Gasteiger partial charge in [0.15, 0.2) is 0 Å². The predicted molar refractivity (Wildman–Crippen MR) is 76.0 cm³/mol. The second-order valence-corrected chi connectivity index (χ2v) is 5.60. The number of carbonyl (C=O) groups excluding carboxylic acids is 1. The Balaban J connectivity index is 1.87. The molecule has 0 heterocycles. The summed E-state index contributed by atoms with van der Waals surface area (Å²) in [6.45, 7) is 3.90. The Morgan fingerprint density at radius 2 is 2.25 bits per heavy atom. The van der Waals surface area contributed by atoms with Crippen LogP contribution < -0.4 is 5.32 Å². The van der Waals surface area contributed by atoms with Crippen molar-refractivity contribution in [3.05, 3.63) is 35.1 Å². The molecule has 0 bridgehead atoms. The van der Waals surface area contributed by atoms with E-state index in [4.69, 9.17) is 0 Å². The summed E-state index contributed by atoms with van der Waals surface area (Å²) >= 11 is 0. The molecule has 3 nitrogen and oxygen atoms in total. The molecule has 0 aromatic heterocycles. The molecular weight excluding hydrogens is 257 g/mol. The van der Waals surface area contributed by atoms with Gasteiger partial charge in [0.2, 0.25) is 0 Å². The van der Waals surface area contributed by atoms with Crippen LogP contribution in [0, 0.1) is 17.7 Å². The Kier molecular flexibility index (Phi) is 5.12. The van der Waals surface area contributed by atoms with E-state index in [1.54, 1.807) is 6.07 Å². The summed E-state index contributed by atoms with van der Waals surface area (Å²) in [5.74, 6) is 0.349. The highest BCUT2D eigenvalue weighted by atomic mass is 19.1. The predicted octanol–water partition coefficient (Wildman–Crippen LogP) is 3.14. The van der Waals surface area contributed by atoms with E-state index < -0.39 is 11.8 Å². The van der Waals surface area contributed by atoms with Crippen LogP contribution in [0.25, 0.3) is 0 Å². The van der Waals surface area contributed by atoms with Crippen molar-refractivity contribution >= 4 is 5.97 Å². The molecule has 2 atom stereocenters. The number of methoxy groups -OCH3 is 1. The van der Waals surface area contributed by atoms with Crippen LogP contribution >= 0.6 is 0 Å². The lowest BCUT2D eigenvalue weighted by atomic mass is 9.98. The molecule has 2 rings (SSSR count). The Morgan fingerprint density at radius 3 is 2.85 bits per heavy atom. The fourth-order valence-corrected chi connectivity index (χ4v) is 2.87. The molecule has 1 aromatic rings. The molecule has 2 unspecified atom stereocenters. The number of halogens is 1. The highest BCUT2D eigenvalue weighted by molar-refractivity contribution is 5.89. The number of esters is 1. The maximum atomic E-state index is 13.7. The van der Waals surface area contributed by atoms with E-state index in [1.165, 1.54) is 38.5 Å². The zero-order chi connectivity index (χ0) is 14.5. The third-order valence-electron chi connectivity index (χ3n) is 4.21. The van der Waals surface area contributed by atoms with Crippen LogP contribution in [0.1, 0.15) is 42.1 Å². The largest absolute Gasteiger partial charge is 0.465 e. The van der Waals surface area contributed by atoms with E-state index in [-0.39, 0.29) is 5.56 Å². The second kappa shape index (κ2) is 6.84. The molecule has 1 aliphatic rings. The lowest BCUT2D eigenvalue weighted by Crippen LogP contribution is -2.24. The number of benzene rings is 1. The van der Waals surface area contributed by atoms with Crippen molar-refractivity contribution in [2.75, 3.05) is 13.7 Å². The molecule has 4 heteroatoms. The van der Waals surface area contributed by atoms with E-state index in [0.717, 1.165) is 23.9 Å². The molecule has 0 saturated heterocycles. The molecule has 1 aliphatic carbocycles. The average Bonchev–Trinajstić information content (AvgIpc) is 2.84. The van der Waals surface area contributed by atoms with Crippen LogP contribution in [-0.4, -0.2) is 19.6 Å². The number of rotatable bonds is 5. The summed E-state index contributed by atoms with van der Waals surface area (Å²) < 4.78 is 18.3. The van der Waals surface area contributed by atoms with E-state index in [2.05, 4.69) is 17.0 Å². The molecule has 1 fully saturated rings. The first-order valence-corrected chi connectivity index (χ1v) is 7.19. The number of nitrogens with one attached hydrogen (secondary N) is 1. The maximum absolute atomic E-state index is 13.7. The fourth-order valence-electron chi connectivity index (χ4n) is 2.87. The molecule has 1 aromatic carbocycles. The third kappa shape index (κ3) is 3.57. The standard InChI is InChI=1S/C16H22FNO2/c1-11-4-3-5-13(11)10-18-9-12-6-7-14(15(17)8-12)16(19)20-2/h6-8,11,13,18H,3-5,9-10H2,1-2H3. The number of carbonyl (C=O) groups is 1. The third-order valence-corrected chi connectivity index (χ3v) is 4.21. The van der Waals surface area contributed by atoms with E-state index in [0.29, 0.717) is 6.54 Å². The first kappa shape index (κ1) is 15.0. The molecule has 0 amide bonds. The minimum atomic E-state index is -0.637. The van der Waals surface area contributed by atoms with Gasteiger partial charge in [0.25, 0.3) is 0 Å². The summed E-state index contributed by atoms with van der Waals surface area (Å²) in [6.07, 6.45) is 3.91. The second-order valence-electron chi connectivity index (χ2n) is 5.60. The van der Waals surface area contributed by atoms with Gasteiger partial charge in [0.05, 0.1) is 12.7 Å². The van der Waals surface area contributed by atoms with E-state index in [9.17, 15) is 9.18 Å². The maximum Gasteiger partial charge on any atom is 0.340 e. The average molecular weight is 279 g/mol. The van der Waals surface area contributed by atoms with Crippen LogP contribution in [0.5, 0.6) is 0 Å². The zero-order valence-corrected chi connectivity index (χ0v) is 12.1. The minimum Gasteiger partial charge on any atom is -0.465 e. The summed E-state index contributed by atoms with van der Waals surface area (Å²) in [7, 11) is 1.25. The van der Waals surface area contributed by atoms with Crippen molar-refractivity contribution in [3.63, 3.8) is 0 Å². The van der Waals surface area contributed by atoms with Gasteiger partial charge in [0.1, 0.15) is 5.82 Å². The summed E-state index contributed by atoms with van der Waals surface area (Å²) in [5, 5.41) is 3.38. The van der Waals surface area contributed by atoms with Crippen LogP contribution in [0.2, 0.25) is 0 Å². The van der Waals surface area contributed by atoms with Crippen molar-refractivity contribution < 1.29 is 13.9 Å². The van der Waals surface area contributed by atoms with Crippen molar-refractivity contribution in [1.82, 2.24) is 5.32 Å². The topological polar surface area (TPSA) is 38.3 Å². The Morgan fingerprint density at radius 1 is 1.45 bits per heavy atom. The normalized spacial score (nSPS) is 21.9. The van der Waals surface area contributed by atoms with Crippen molar-refractivity contribution in [2.24, 2.45) is 11.8 Å². The molecule has 0 spiro atoms. The molecule has 1 saturated carbocycles. The quantitative estimate of drug-likeness (QED) is 0.842. The number of ether oxygens (including phenoxy) is 1. The van der Waals surface area contributed by atoms with Gasteiger partial charge in [0, 0.05) is 6.54 Å². The molecule has 0 aliphatic heterocycles. The Hall–Kier alpha value is -1.42. The molecule has 0 radical (unpaired) electrons. The lowest BCUT2D eigenvalue weighted by Gasteiger charge is -2.16. The monoisotopic (exact) mass is 279 g/mol. The van der Waals surface area contributed by atoms with Gasteiger partial charge >= 0.3 is 5.97 Å². The van der Waals surface area contributed by atoms with Gasteiger partial charge in [-0.25, -0.2) is 9.18 Å². The Labute approximate surface area is 119 Å². The fraction of sp³-hybridized carbons (Fsp3) is 0.562. The highest BCUT2D eigenvalue weighted by Crippen LogP contribution is 2.30. The van der Waals surface area contributed by atoms with Gasteiger partial charge in [-0.2, -0.15) is 0 Å². The van der Waals surface area contributed by atoms with Crippen LogP contribution in [-0.2, 0) is 11.3 Å². The van der Waals surface area contributed by atoms with Gasteiger partial charge in [-0.15, -0.1) is 0 Å². The van der Waals surface area contributed by atoms with E-state index in [1.807, 2.05) is 0 Å². The molecule has 110 valence electrons. The number of hydrogen-bond donors (Lipinski definition) is 1. The van der Waals surface area contributed by atoms with Crippen LogP contribution in [0.3, 0.4) is 0 Å². The lowest BCUT2D eigenvalue weighted by molar-refractivity contribution is 0.0595. The first-order chi connectivity index (χ1) is 9.61. The van der Waals surface area contributed by atoms with Gasteiger partial charge in [-0.1, -0.05) is 25.8 Å². The van der Waals surface area contributed by atoms with Gasteiger partial charge < -0.3 is 10.1 Å². The minimum absolute atomic E-state index is 0.0133. The highest BCUT2D eigenvalue weighted by Gasteiger charge is 2.22. The van der Waals surface area contributed by atoms with E-state index >= 15 is 0 Å². The van der Waals surface area contributed by atoms with Crippen molar-refractivity contribution in [1.29, 1.82) is 0 Å². The number of hydrogen-bond acceptors (Lipinski definition) is 3.